The van der Waals surface area contributed by atoms with Crippen LogP contribution < -0.4 is 10.1 Å². The van der Waals surface area contributed by atoms with Gasteiger partial charge in [-0.15, -0.1) is 11.3 Å². The Morgan fingerprint density at radius 3 is 3.00 bits per heavy atom. The number of nitrogens with one attached hydrogen (secondary N) is 1. The number of ether oxygens (including phenoxy) is 1. The molecule has 120 valence electrons. The van der Waals surface area contributed by atoms with E-state index in [0.717, 1.165) is 35.6 Å². The van der Waals surface area contributed by atoms with E-state index in [1.54, 1.807) is 12.4 Å². The fourth-order valence-electron chi connectivity index (χ4n) is 2.66. The number of hydrogen-bond acceptors (Lipinski definition) is 5. The van der Waals surface area contributed by atoms with Gasteiger partial charge in [0.15, 0.2) is 5.13 Å². The lowest BCUT2D eigenvalue weighted by molar-refractivity contribution is -0.115. The molecule has 3 aromatic rings. The summed E-state index contributed by atoms with van der Waals surface area (Å²) in [5.41, 5.74) is 3.97. The van der Waals surface area contributed by atoms with E-state index in [2.05, 4.69) is 15.3 Å². The maximum absolute atomic E-state index is 12.2. The number of thiazole rings is 1. The van der Waals surface area contributed by atoms with Crippen LogP contribution in [0.5, 0.6) is 5.75 Å². The number of hydrogen-bond donors (Lipinski definition) is 1. The zero-order valence-electron chi connectivity index (χ0n) is 12.9. The molecule has 0 radical (unpaired) electrons. The predicted molar refractivity (Wildman–Crippen MR) is 93.3 cm³/mol. The number of rotatable bonds is 4. The lowest BCUT2D eigenvalue weighted by Crippen LogP contribution is -2.14. The van der Waals surface area contributed by atoms with E-state index in [9.17, 15) is 4.79 Å². The first-order valence-corrected chi connectivity index (χ1v) is 8.56. The quantitative estimate of drug-likeness (QED) is 0.793. The van der Waals surface area contributed by atoms with Crippen molar-refractivity contribution in [2.24, 2.45) is 0 Å². The van der Waals surface area contributed by atoms with Gasteiger partial charge >= 0.3 is 0 Å². The molecule has 0 saturated heterocycles. The minimum atomic E-state index is -0.0800. The molecule has 4 rings (SSSR count). The maximum atomic E-state index is 12.2. The van der Waals surface area contributed by atoms with Crippen LogP contribution in [0.25, 0.3) is 11.3 Å². The fraction of sp³-hybridized carbons (Fsp3) is 0.167. The van der Waals surface area contributed by atoms with E-state index >= 15 is 0 Å². The van der Waals surface area contributed by atoms with Gasteiger partial charge in [0.1, 0.15) is 5.75 Å². The van der Waals surface area contributed by atoms with Crippen molar-refractivity contribution in [2.75, 3.05) is 11.9 Å². The zero-order valence-corrected chi connectivity index (χ0v) is 13.7. The molecule has 0 aliphatic carbocycles. The Balaban J connectivity index is 1.42. The van der Waals surface area contributed by atoms with Gasteiger partial charge in [0, 0.05) is 29.8 Å². The summed E-state index contributed by atoms with van der Waals surface area (Å²) >= 11 is 1.42. The third kappa shape index (κ3) is 3.14. The predicted octanol–water partition coefficient (Wildman–Crippen LogP) is 3.32. The van der Waals surface area contributed by atoms with Crippen LogP contribution in [0.15, 0.2) is 48.1 Å². The number of aromatic nitrogens is 2. The molecule has 1 N–H and O–H groups in total. The number of pyridine rings is 1. The summed E-state index contributed by atoms with van der Waals surface area (Å²) in [6, 6.07) is 9.76. The highest BCUT2D eigenvalue weighted by molar-refractivity contribution is 7.14. The average Bonchev–Trinajstić information content (AvgIpc) is 3.24. The summed E-state index contributed by atoms with van der Waals surface area (Å²) in [5, 5.41) is 5.39. The summed E-state index contributed by atoms with van der Waals surface area (Å²) in [6.07, 6.45) is 4.70. The fourth-order valence-corrected chi connectivity index (χ4v) is 3.39. The molecule has 1 aliphatic rings. The van der Waals surface area contributed by atoms with Crippen LogP contribution in [0.2, 0.25) is 0 Å². The molecule has 0 fully saturated rings. The Morgan fingerprint density at radius 2 is 2.12 bits per heavy atom. The normalized spacial score (nSPS) is 12.5. The van der Waals surface area contributed by atoms with E-state index in [-0.39, 0.29) is 5.91 Å². The molecule has 1 aliphatic heterocycles. The highest BCUT2D eigenvalue weighted by Crippen LogP contribution is 2.27. The lowest BCUT2D eigenvalue weighted by Gasteiger charge is -2.04. The highest BCUT2D eigenvalue weighted by Gasteiger charge is 2.14. The summed E-state index contributed by atoms with van der Waals surface area (Å²) in [6.45, 7) is 0.724. The number of carbonyl (C=O) groups is 1. The standard InChI is InChI=1S/C18H15N3O2S/c22-17(10-12-1-2-14-5-8-23-16(14)9-12)21-18-20-15(11-24-18)13-3-6-19-7-4-13/h1-4,6-7,9,11H,5,8,10H2,(H,20,21,22). The average molecular weight is 337 g/mol. The van der Waals surface area contributed by atoms with E-state index < -0.39 is 0 Å². The van der Waals surface area contributed by atoms with Gasteiger partial charge in [-0.1, -0.05) is 12.1 Å². The largest absolute Gasteiger partial charge is 0.493 e. The van der Waals surface area contributed by atoms with Gasteiger partial charge in [-0.3, -0.25) is 9.78 Å². The van der Waals surface area contributed by atoms with Crippen molar-refractivity contribution < 1.29 is 9.53 Å². The summed E-state index contributed by atoms with van der Waals surface area (Å²) in [7, 11) is 0. The van der Waals surface area contributed by atoms with Gasteiger partial charge in [-0.05, 0) is 29.3 Å². The molecule has 0 unspecified atom stereocenters. The van der Waals surface area contributed by atoms with Gasteiger partial charge in [0.25, 0.3) is 0 Å². The van der Waals surface area contributed by atoms with Crippen molar-refractivity contribution in [2.45, 2.75) is 12.8 Å². The second-order valence-corrected chi connectivity index (χ2v) is 6.40. The molecular formula is C18H15N3O2S. The SMILES string of the molecule is O=C(Cc1ccc2c(c1)OCC2)Nc1nc(-c2ccncc2)cs1. The molecule has 0 saturated carbocycles. The number of carbonyl (C=O) groups excluding carboxylic acids is 1. The molecule has 24 heavy (non-hydrogen) atoms. The van der Waals surface area contributed by atoms with Crippen molar-refractivity contribution in [3.05, 3.63) is 59.2 Å². The number of nitrogens with zero attached hydrogens (tertiary/aromatic N) is 2. The maximum Gasteiger partial charge on any atom is 0.230 e. The second kappa shape index (κ2) is 6.41. The topological polar surface area (TPSA) is 64.1 Å². The van der Waals surface area contributed by atoms with Crippen molar-refractivity contribution in [1.29, 1.82) is 0 Å². The van der Waals surface area contributed by atoms with Gasteiger partial charge in [0.05, 0.1) is 18.7 Å². The van der Waals surface area contributed by atoms with Crippen LogP contribution in [0, 0.1) is 0 Å². The Morgan fingerprint density at radius 1 is 1.25 bits per heavy atom. The van der Waals surface area contributed by atoms with E-state index in [1.807, 2.05) is 35.7 Å². The number of fused-ring (bicyclic) bond motifs is 1. The Labute approximate surface area is 143 Å². The van der Waals surface area contributed by atoms with Crippen molar-refractivity contribution in [3.63, 3.8) is 0 Å². The molecule has 2 aromatic heterocycles. The lowest BCUT2D eigenvalue weighted by atomic mass is 10.1. The first kappa shape index (κ1) is 14.8. The third-order valence-corrected chi connectivity index (χ3v) is 4.61. The van der Waals surface area contributed by atoms with Gasteiger partial charge < -0.3 is 10.1 Å². The van der Waals surface area contributed by atoms with E-state index in [1.165, 1.54) is 16.9 Å². The van der Waals surface area contributed by atoms with Crippen LogP contribution in [-0.2, 0) is 17.6 Å². The van der Waals surface area contributed by atoms with E-state index in [0.29, 0.717) is 11.6 Å². The zero-order chi connectivity index (χ0) is 16.4. The second-order valence-electron chi connectivity index (χ2n) is 5.54. The highest BCUT2D eigenvalue weighted by atomic mass is 32.1. The monoisotopic (exact) mass is 337 g/mol. The third-order valence-electron chi connectivity index (χ3n) is 3.85. The minimum Gasteiger partial charge on any atom is -0.493 e. The van der Waals surface area contributed by atoms with Crippen LogP contribution in [-0.4, -0.2) is 22.5 Å². The van der Waals surface area contributed by atoms with E-state index in [4.69, 9.17) is 4.74 Å². The van der Waals surface area contributed by atoms with Crippen molar-refractivity contribution in [3.8, 4) is 17.0 Å². The van der Waals surface area contributed by atoms with Crippen LogP contribution in [0.4, 0.5) is 5.13 Å². The summed E-state index contributed by atoms with van der Waals surface area (Å²) in [5.74, 6) is 0.818. The van der Waals surface area contributed by atoms with Gasteiger partial charge in [-0.25, -0.2) is 4.98 Å². The van der Waals surface area contributed by atoms with Gasteiger partial charge in [-0.2, -0.15) is 0 Å². The van der Waals surface area contributed by atoms with Crippen molar-refractivity contribution in [1.82, 2.24) is 9.97 Å². The molecule has 5 nitrogen and oxygen atoms in total. The molecule has 0 bridgehead atoms. The number of amides is 1. The molecule has 1 aromatic carbocycles. The van der Waals surface area contributed by atoms with Crippen molar-refractivity contribution >= 4 is 22.4 Å². The first-order chi connectivity index (χ1) is 11.8. The molecule has 1 amide bonds. The molecule has 6 heteroatoms. The Kier molecular flexibility index (Phi) is 3.96. The minimum absolute atomic E-state index is 0.0800. The number of anilines is 1. The Hall–Kier alpha value is -2.73. The molecular weight excluding hydrogens is 322 g/mol. The van der Waals surface area contributed by atoms with Crippen LogP contribution >= 0.6 is 11.3 Å². The summed E-state index contributed by atoms with van der Waals surface area (Å²) < 4.78 is 5.54. The molecule has 3 heterocycles. The summed E-state index contributed by atoms with van der Waals surface area (Å²) in [4.78, 5) is 20.7. The van der Waals surface area contributed by atoms with Crippen LogP contribution in [0.3, 0.4) is 0 Å². The molecule has 0 atom stereocenters. The first-order valence-electron chi connectivity index (χ1n) is 7.68. The van der Waals surface area contributed by atoms with Crippen LogP contribution in [0.1, 0.15) is 11.1 Å². The molecule has 0 spiro atoms. The smallest absolute Gasteiger partial charge is 0.230 e. The van der Waals surface area contributed by atoms with Gasteiger partial charge in [0.2, 0.25) is 5.91 Å². The number of benzene rings is 1. The Bertz CT molecular complexity index is 877.